The van der Waals surface area contributed by atoms with Crippen LogP contribution in [0.1, 0.15) is 36.6 Å². The minimum absolute atomic E-state index is 0.109. The third-order valence-corrected chi connectivity index (χ3v) is 5.05. The molecule has 1 atom stereocenters. The van der Waals surface area contributed by atoms with Crippen LogP contribution < -0.4 is 5.32 Å². The highest BCUT2D eigenvalue weighted by molar-refractivity contribution is 7.99. The van der Waals surface area contributed by atoms with Crippen LogP contribution in [0.4, 0.5) is 10.1 Å². The monoisotopic (exact) mass is 347 g/mol. The molecule has 4 nitrogen and oxygen atoms in total. The van der Waals surface area contributed by atoms with Gasteiger partial charge in [0.15, 0.2) is 0 Å². The Morgan fingerprint density at radius 2 is 2.29 bits per heavy atom. The van der Waals surface area contributed by atoms with Gasteiger partial charge in [0.05, 0.1) is 15.9 Å². The molecule has 0 saturated heterocycles. The van der Waals surface area contributed by atoms with E-state index in [2.05, 4.69) is 5.32 Å². The summed E-state index contributed by atoms with van der Waals surface area (Å²) in [4.78, 5) is 11.6. The Morgan fingerprint density at radius 3 is 3.04 bits per heavy atom. The Labute approximate surface area is 146 Å². The zero-order valence-electron chi connectivity index (χ0n) is 14.3. The summed E-state index contributed by atoms with van der Waals surface area (Å²) >= 11 is 1.33. The molecule has 0 aromatic heterocycles. The van der Waals surface area contributed by atoms with Crippen LogP contribution in [0.5, 0.6) is 0 Å². The first-order valence-corrected chi connectivity index (χ1v) is 8.72. The van der Waals surface area contributed by atoms with Crippen molar-refractivity contribution < 1.29 is 10.7 Å². The van der Waals surface area contributed by atoms with Gasteiger partial charge >= 0.3 is 0 Å². The molecule has 0 saturated carbocycles. The fourth-order valence-corrected chi connectivity index (χ4v) is 4.04. The predicted octanol–water partition coefficient (Wildman–Crippen LogP) is 4.39. The van der Waals surface area contributed by atoms with Crippen molar-refractivity contribution in [1.82, 2.24) is 5.32 Å². The molecule has 126 valence electrons. The number of halogens is 1. The summed E-state index contributed by atoms with van der Waals surface area (Å²) in [5, 5.41) is 14.8. The standard InChI is InChI=1S/C18H19FN2O2S/c1-3-24-16-10-13(8-11(2)18(16)21(22)23)17-15-5-4-14(19)9-12(15)6-7-20-17/h4-5,8-10,17,20H,3,6-7H2,1-2H3/i1D. The highest BCUT2D eigenvalue weighted by Gasteiger charge is 2.25. The van der Waals surface area contributed by atoms with Gasteiger partial charge in [0.2, 0.25) is 0 Å². The van der Waals surface area contributed by atoms with Gasteiger partial charge in [-0.2, -0.15) is 0 Å². The molecule has 2 aromatic rings. The van der Waals surface area contributed by atoms with Crippen molar-refractivity contribution in [2.45, 2.75) is 31.2 Å². The number of hydrogen-bond donors (Lipinski definition) is 1. The van der Waals surface area contributed by atoms with Crippen molar-refractivity contribution >= 4 is 17.4 Å². The molecule has 0 amide bonds. The van der Waals surface area contributed by atoms with Gasteiger partial charge in [-0.15, -0.1) is 11.8 Å². The van der Waals surface area contributed by atoms with E-state index in [1.807, 2.05) is 12.1 Å². The van der Waals surface area contributed by atoms with E-state index in [1.165, 1.54) is 17.8 Å². The highest BCUT2D eigenvalue weighted by Crippen LogP contribution is 2.37. The Kier molecular flexibility index (Phi) is 4.49. The van der Waals surface area contributed by atoms with E-state index in [4.69, 9.17) is 1.37 Å². The van der Waals surface area contributed by atoms with E-state index in [-0.39, 0.29) is 29.4 Å². The highest BCUT2D eigenvalue weighted by atomic mass is 32.2. The molecular weight excluding hydrogens is 327 g/mol. The molecular formula is C18H19FN2O2S. The van der Waals surface area contributed by atoms with Gasteiger partial charge in [0.25, 0.3) is 5.69 Å². The van der Waals surface area contributed by atoms with E-state index >= 15 is 0 Å². The topological polar surface area (TPSA) is 55.2 Å². The molecule has 0 fully saturated rings. The quantitative estimate of drug-likeness (QED) is 0.506. The summed E-state index contributed by atoms with van der Waals surface area (Å²) in [6, 6.07) is 8.36. The number of nitrogens with one attached hydrogen (secondary N) is 1. The smallest absolute Gasteiger partial charge is 0.285 e. The third-order valence-electron chi connectivity index (χ3n) is 4.22. The van der Waals surface area contributed by atoms with E-state index in [0.717, 1.165) is 29.7 Å². The molecule has 2 aromatic carbocycles. The second-order valence-electron chi connectivity index (χ2n) is 5.77. The summed E-state index contributed by atoms with van der Waals surface area (Å²) in [5.74, 6) is 0.259. The number of fused-ring (bicyclic) bond motifs is 1. The minimum Gasteiger partial charge on any atom is -0.306 e. The maximum absolute atomic E-state index is 13.5. The maximum atomic E-state index is 13.5. The van der Waals surface area contributed by atoms with Crippen LogP contribution in [0.25, 0.3) is 0 Å². The van der Waals surface area contributed by atoms with Gasteiger partial charge in [0, 0.05) is 13.5 Å². The van der Waals surface area contributed by atoms with E-state index in [9.17, 15) is 14.5 Å². The van der Waals surface area contributed by atoms with E-state index in [0.29, 0.717) is 16.2 Å². The van der Waals surface area contributed by atoms with Crippen LogP contribution in [0, 0.1) is 22.9 Å². The average Bonchev–Trinajstić information content (AvgIpc) is 2.58. The van der Waals surface area contributed by atoms with Crippen molar-refractivity contribution in [3.8, 4) is 0 Å². The molecule has 0 radical (unpaired) electrons. The van der Waals surface area contributed by atoms with Crippen LogP contribution in [-0.4, -0.2) is 17.2 Å². The SMILES string of the molecule is [2H]CCSc1cc(C2NCCc3cc(F)ccc32)cc(C)c1[N+](=O)[O-]. The number of nitro benzene ring substituents is 1. The van der Waals surface area contributed by atoms with Gasteiger partial charge < -0.3 is 5.32 Å². The molecule has 0 bridgehead atoms. The van der Waals surface area contributed by atoms with E-state index < -0.39 is 0 Å². The second-order valence-corrected chi connectivity index (χ2v) is 6.91. The Morgan fingerprint density at radius 1 is 1.46 bits per heavy atom. The molecule has 24 heavy (non-hydrogen) atoms. The summed E-state index contributed by atoms with van der Waals surface area (Å²) < 4.78 is 20.8. The maximum Gasteiger partial charge on any atom is 0.285 e. The number of rotatable bonds is 4. The fraction of sp³-hybridized carbons (Fsp3) is 0.333. The molecule has 6 heteroatoms. The van der Waals surface area contributed by atoms with Crippen LogP contribution in [-0.2, 0) is 6.42 Å². The summed E-state index contributed by atoms with van der Waals surface area (Å²) in [5.41, 5.74) is 3.63. The van der Waals surface area contributed by atoms with Gasteiger partial charge in [0.1, 0.15) is 5.82 Å². The zero-order valence-corrected chi connectivity index (χ0v) is 14.2. The summed E-state index contributed by atoms with van der Waals surface area (Å²) in [7, 11) is 0. The first kappa shape index (κ1) is 15.6. The Bertz CT molecular complexity index is 816. The molecule has 3 rings (SSSR count). The average molecular weight is 347 g/mol. The van der Waals surface area contributed by atoms with Crippen LogP contribution in [0.2, 0.25) is 0 Å². The number of thioether (sulfide) groups is 1. The zero-order chi connectivity index (χ0) is 18.0. The summed E-state index contributed by atoms with van der Waals surface area (Å²) in [6.07, 6.45) is 0.760. The fourth-order valence-electron chi connectivity index (χ4n) is 3.23. The molecule has 1 unspecified atom stereocenters. The number of aryl methyl sites for hydroxylation is 1. The minimum atomic E-state index is -0.358. The van der Waals surface area contributed by atoms with Gasteiger partial charge in [-0.1, -0.05) is 13.0 Å². The van der Waals surface area contributed by atoms with Crippen molar-refractivity contribution in [1.29, 1.82) is 0 Å². The van der Waals surface area contributed by atoms with Crippen molar-refractivity contribution in [3.63, 3.8) is 0 Å². The molecule has 0 spiro atoms. The molecule has 1 heterocycles. The molecule has 1 N–H and O–H groups in total. The van der Waals surface area contributed by atoms with Crippen molar-refractivity contribution in [2.75, 3.05) is 12.3 Å². The lowest BCUT2D eigenvalue weighted by molar-refractivity contribution is -0.388. The Balaban J connectivity index is 2.06. The molecule has 0 aliphatic carbocycles. The number of hydrogen-bond acceptors (Lipinski definition) is 4. The van der Waals surface area contributed by atoms with Crippen LogP contribution >= 0.6 is 11.8 Å². The van der Waals surface area contributed by atoms with Crippen LogP contribution in [0.15, 0.2) is 35.2 Å². The van der Waals surface area contributed by atoms with Crippen molar-refractivity contribution in [3.05, 3.63) is 68.5 Å². The lowest BCUT2D eigenvalue weighted by Gasteiger charge is -2.28. The third kappa shape index (κ3) is 3.16. The lowest BCUT2D eigenvalue weighted by atomic mass is 9.89. The largest absolute Gasteiger partial charge is 0.306 e. The van der Waals surface area contributed by atoms with Gasteiger partial charge in [-0.25, -0.2) is 4.39 Å². The van der Waals surface area contributed by atoms with Crippen LogP contribution in [0.3, 0.4) is 0 Å². The second kappa shape index (κ2) is 6.91. The molecule has 1 aliphatic heterocycles. The number of nitro groups is 1. The lowest BCUT2D eigenvalue weighted by Crippen LogP contribution is -2.30. The first-order chi connectivity index (χ1) is 12.0. The predicted molar refractivity (Wildman–Crippen MR) is 94.2 cm³/mol. The Hall–Kier alpha value is -1.92. The van der Waals surface area contributed by atoms with Crippen molar-refractivity contribution in [2.24, 2.45) is 0 Å². The number of nitrogens with zero attached hydrogens (tertiary/aromatic N) is 1. The normalized spacial score (nSPS) is 17.2. The first-order valence-electron chi connectivity index (χ1n) is 8.44. The molecule has 1 aliphatic rings. The van der Waals surface area contributed by atoms with Gasteiger partial charge in [-0.05, 0) is 60.1 Å². The summed E-state index contributed by atoms with van der Waals surface area (Å²) in [6.45, 7) is 2.67. The van der Waals surface area contributed by atoms with E-state index in [1.54, 1.807) is 19.1 Å². The van der Waals surface area contributed by atoms with Gasteiger partial charge in [-0.3, -0.25) is 10.1 Å². The number of benzene rings is 2.